The summed E-state index contributed by atoms with van der Waals surface area (Å²) in [5, 5.41) is 5.30. The fourth-order valence-corrected chi connectivity index (χ4v) is 4.98. The van der Waals surface area contributed by atoms with Gasteiger partial charge in [0.1, 0.15) is 0 Å². The van der Waals surface area contributed by atoms with Crippen LogP contribution in [-0.2, 0) is 17.6 Å². The zero-order chi connectivity index (χ0) is 19.7. The Balaban J connectivity index is 1.61. The van der Waals surface area contributed by atoms with E-state index in [1.165, 1.54) is 5.56 Å². The average molecular weight is 431 g/mol. The third kappa shape index (κ3) is 4.14. The van der Waals surface area contributed by atoms with Crippen LogP contribution in [-0.4, -0.2) is 16.6 Å². The monoisotopic (exact) mass is 430 g/mol. The van der Waals surface area contributed by atoms with E-state index in [4.69, 9.17) is 28.2 Å². The molecule has 3 nitrogen and oxygen atoms in total. The molecule has 1 aliphatic rings. The number of carbonyl (C=O) groups is 1. The molecule has 144 valence electrons. The molecule has 0 radical (unpaired) electrons. The van der Waals surface area contributed by atoms with Gasteiger partial charge in [0.25, 0.3) is 0 Å². The Morgan fingerprint density at radius 3 is 2.71 bits per heavy atom. The van der Waals surface area contributed by atoms with Gasteiger partial charge in [-0.2, -0.15) is 0 Å². The number of benzene rings is 2. The molecule has 1 N–H and O–H groups in total. The highest BCUT2D eigenvalue weighted by Crippen LogP contribution is 2.37. The fourth-order valence-electron chi connectivity index (χ4n) is 3.57. The van der Waals surface area contributed by atoms with E-state index in [1.54, 1.807) is 17.8 Å². The maximum atomic E-state index is 12.6. The van der Waals surface area contributed by atoms with Crippen LogP contribution in [0.4, 0.5) is 5.69 Å². The van der Waals surface area contributed by atoms with E-state index in [2.05, 4.69) is 5.32 Å². The lowest BCUT2D eigenvalue weighted by Gasteiger charge is -2.20. The number of halogens is 2. The molecule has 0 unspecified atom stereocenters. The maximum absolute atomic E-state index is 12.6. The number of aromatic nitrogens is 1. The van der Waals surface area contributed by atoms with Crippen molar-refractivity contribution in [3.8, 4) is 0 Å². The number of thioether (sulfide) groups is 1. The number of anilines is 1. The summed E-state index contributed by atoms with van der Waals surface area (Å²) in [6.07, 6.45) is 4.32. The summed E-state index contributed by atoms with van der Waals surface area (Å²) in [7, 11) is 0. The average Bonchev–Trinajstić information content (AvgIpc) is 2.68. The second-order valence-corrected chi connectivity index (χ2v) is 8.89. The summed E-state index contributed by atoms with van der Waals surface area (Å²) in [4.78, 5) is 18.6. The van der Waals surface area contributed by atoms with Gasteiger partial charge in [-0.25, -0.2) is 0 Å². The Labute approximate surface area is 178 Å². The predicted octanol–water partition coefficient (Wildman–Crippen LogP) is 6.46. The molecular formula is C22H20Cl2N2OS. The molecule has 0 saturated heterocycles. The van der Waals surface area contributed by atoms with Crippen LogP contribution in [0.3, 0.4) is 0 Å². The molecule has 4 rings (SSSR count). The molecule has 2 aromatic carbocycles. The first-order valence-corrected chi connectivity index (χ1v) is 11.1. The molecule has 6 heteroatoms. The normalized spacial score (nSPS) is 13.4. The molecule has 1 heterocycles. The minimum Gasteiger partial charge on any atom is -0.325 e. The smallest absolute Gasteiger partial charge is 0.234 e. The van der Waals surface area contributed by atoms with Gasteiger partial charge in [0.05, 0.1) is 11.3 Å². The number of rotatable bonds is 4. The van der Waals surface area contributed by atoms with Crippen LogP contribution in [0.2, 0.25) is 10.0 Å². The van der Waals surface area contributed by atoms with E-state index < -0.39 is 0 Å². The Hall–Kier alpha value is -1.75. The van der Waals surface area contributed by atoms with E-state index >= 15 is 0 Å². The maximum Gasteiger partial charge on any atom is 0.234 e. The largest absolute Gasteiger partial charge is 0.325 e. The third-order valence-electron chi connectivity index (χ3n) is 4.99. The summed E-state index contributed by atoms with van der Waals surface area (Å²) < 4.78 is 0. The topological polar surface area (TPSA) is 42.0 Å². The molecule has 0 bridgehead atoms. The summed E-state index contributed by atoms with van der Waals surface area (Å²) in [5.74, 6) is 0.274. The van der Waals surface area contributed by atoms with E-state index in [9.17, 15) is 4.79 Å². The van der Waals surface area contributed by atoms with Crippen molar-refractivity contribution in [2.45, 2.75) is 37.5 Å². The summed E-state index contributed by atoms with van der Waals surface area (Å²) in [6, 6.07) is 11.3. The van der Waals surface area contributed by atoms with Crippen LogP contribution >= 0.6 is 35.0 Å². The Morgan fingerprint density at radius 2 is 1.86 bits per heavy atom. The Kier molecular flexibility index (Phi) is 5.81. The van der Waals surface area contributed by atoms with Crippen LogP contribution in [0.1, 0.15) is 29.7 Å². The van der Waals surface area contributed by atoms with E-state index in [0.717, 1.165) is 58.4 Å². The first kappa shape index (κ1) is 19.6. The highest BCUT2D eigenvalue weighted by molar-refractivity contribution is 8.00. The summed E-state index contributed by atoms with van der Waals surface area (Å²) in [5.41, 5.74) is 5.12. The van der Waals surface area contributed by atoms with Crippen molar-refractivity contribution < 1.29 is 4.79 Å². The van der Waals surface area contributed by atoms with E-state index in [0.29, 0.717) is 15.8 Å². The Bertz CT molecular complexity index is 1070. The lowest BCUT2D eigenvalue weighted by atomic mass is 9.94. The minimum absolute atomic E-state index is 0.0492. The van der Waals surface area contributed by atoms with Crippen LogP contribution in [0.25, 0.3) is 10.9 Å². The van der Waals surface area contributed by atoms with Crippen LogP contribution < -0.4 is 5.32 Å². The van der Waals surface area contributed by atoms with Crippen molar-refractivity contribution in [2.75, 3.05) is 11.1 Å². The van der Waals surface area contributed by atoms with Crippen molar-refractivity contribution in [2.24, 2.45) is 0 Å². The number of hydrogen-bond acceptors (Lipinski definition) is 3. The van der Waals surface area contributed by atoms with Gasteiger partial charge in [-0.15, -0.1) is 11.8 Å². The summed E-state index contributed by atoms with van der Waals surface area (Å²) >= 11 is 13.9. The van der Waals surface area contributed by atoms with Crippen molar-refractivity contribution in [3.63, 3.8) is 0 Å². The number of nitrogens with one attached hydrogen (secondary N) is 1. The zero-order valence-corrected chi connectivity index (χ0v) is 17.8. The van der Waals surface area contributed by atoms with Crippen molar-refractivity contribution in [3.05, 3.63) is 63.3 Å². The highest BCUT2D eigenvalue weighted by Gasteiger charge is 2.19. The minimum atomic E-state index is -0.0492. The van der Waals surface area contributed by atoms with Crippen molar-refractivity contribution in [1.82, 2.24) is 4.98 Å². The highest BCUT2D eigenvalue weighted by atomic mass is 35.5. The molecule has 0 atom stereocenters. The fraction of sp³-hybridized carbons (Fsp3) is 0.273. The molecule has 1 amide bonds. The molecule has 3 aromatic rings. The van der Waals surface area contributed by atoms with Crippen LogP contribution in [0.15, 0.2) is 41.3 Å². The van der Waals surface area contributed by atoms with Gasteiger partial charge in [0.2, 0.25) is 5.91 Å². The van der Waals surface area contributed by atoms with Crippen molar-refractivity contribution >= 4 is 57.5 Å². The standard InChI is InChI=1S/C22H20Cl2N2OS/c1-13-6-7-15(24)11-20(13)26-21(27)12-28-22-16-4-2-3-5-18(16)25-19-9-8-14(23)10-17(19)22/h6-11H,2-5,12H2,1H3,(H,26,27). The molecule has 0 fully saturated rings. The first-order valence-electron chi connectivity index (χ1n) is 9.31. The second-order valence-electron chi connectivity index (χ2n) is 7.03. The SMILES string of the molecule is Cc1ccc(Cl)cc1NC(=O)CSc1c2c(nc3ccc(Cl)cc13)CCCC2. The third-order valence-corrected chi connectivity index (χ3v) is 6.62. The quantitative estimate of drug-likeness (QED) is 0.482. The van der Waals surface area contributed by atoms with Crippen LogP contribution in [0.5, 0.6) is 0 Å². The second kappa shape index (κ2) is 8.32. The van der Waals surface area contributed by atoms with Crippen LogP contribution in [0, 0.1) is 6.92 Å². The lowest BCUT2D eigenvalue weighted by molar-refractivity contribution is -0.113. The van der Waals surface area contributed by atoms with Gasteiger partial charge in [0.15, 0.2) is 0 Å². The van der Waals surface area contributed by atoms with Gasteiger partial charge in [0, 0.05) is 31.7 Å². The number of nitrogens with zero attached hydrogens (tertiary/aromatic N) is 1. The Morgan fingerprint density at radius 1 is 1.11 bits per heavy atom. The number of hydrogen-bond donors (Lipinski definition) is 1. The summed E-state index contributed by atoms with van der Waals surface area (Å²) in [6.45, 7) is 1.95. The molecule has 0 spiro atoms. The molecule has 1 aliphatic carbocycles. The number of carbonyl (C=O) groups excluding carboxylic acids is 1. The first-order chi connectivity index (χ1) is 13.5. The predicted molar refractivity (Wildman–Crippen MR) is 119 cm³/mol. The molecule has 0 aliphatic heterocycles. The lowest BCUT2D eigenvalue weighted by Crippen LogP contribution is -2.15. The molecular weight excluding hydrogens is 411 g/mol. The number of pyridine rings is 1. The molecule has 0 saturated carbocycles. The van der Waals surface area contributed by atoms with Gasteiger partial charge < -0.3 is 5.32 Å². The van der Waals surface area contributed by atoms with Gasteiger partial charge in [-0.3, -0.25) is 9.78 Å². The van der Waals surface area contributed by atoms with Gasteiger partial charge in [-0.05, 0) is 74.1 Å². The zero-order valence-electron chi connectivity index (χ0n) is 15.5. The van der Waals surface area contributed by atoms with E-state index in [1.807, 2.05) is 37.3 Å². The molecule has 28 heavy (non-hydrogen) atoms. The number of aryl methyl sites for hydroxylation is 2. The van der Waals surface area contributed by atoms with Crippen molar-refractivity contribution in [1.29, 1.82) is 0 Å². The number of fused-ring (bicyclic) bond motifs is 2. The van der Waals surface area contributed by atoms with Gasteiger partial charge in [-0.1, -0.05) is 29.3 Å². The van der Waals surface area contributed by atoms with Gasteiger partial charge >= 0.3 is 0 Å². The number of amides is 1. The van der Waals surface area contributed by atoms with E-state index in [-0.39, 0.29) is 5.91 Å². The molecule has 1 aromatic heterocycles.